The molecule has 2 bridgehead atoms. The van der Waals surface area contributed by atoms with E-state index in [1.807, 2.05) is 6.07 Å². The standard InChI is InChI=1S/C16H19NO5/c1-10(18)17-9-13-15(12(17)8-14(20-2)21-13)22-16(19)11-6-4-3-5-7-11/h3-7,12-15H,8-9H2,1-2H3. The van der Waals surface area contributed by atoms with Gasteiger partial charge >= 0.3 is 5.97 Å². The number of fused-ring (bicyclic) bond motifs is 2. The minimum Gasteiger partial charge on any atom is -0.454 e. The lowest BCUT2D eigenvalue weighted by Gasteiger charge is -2.34. The average Bonchev–Trinajstić information content (AvgIpc) is 2.74. The zero-order valence-electron chi connectivity index (χ0n) is 12.6. The lowest BCUT2D eigenvalue weighted by molar-refractivity contribution is -0.200. The number of rotatable bonds is 3. The molecule has 1 amide bonds. The van der Waals surface area contributed by atoms with Crippen molar-refractivity contribution in [2.24, 2.45) is 0 Å². The molecule has 118 valence electrons. The highest BCUT2D eigenvalue weighted by Gasteiger charge is 2.51. The normalized spacial score (nSPS) is 30.2. The van der Waals surface area contributed by atoms with Gasteiger partial charge in [0.25, 0.3) is 0 Å². The fraction of sp³-hybridized carbons (Fsp3) is 0.500. The highest BCUT2D eigenvalue weighted by Crippen LogP contribution is 2.34. The van der Waals surface area contributed by atoms with Gasteiger partial charge in [-0.2, -0.15) is 0 Å². The summed E-state index contributed by atoms with van der Waals surface area (Å²) in [6, 6.07) is 8.61. The molecule has 0 spiro atoms. The van der Waals surface area contributed by atoms with Crippen LogP contribution in [0, 0.1) is 0 Å². The molecule has 2 aliphatic rings. The fourth-order valence-corrected chi connectivity index (χ4v) is 3.12. The van der Waals surface area contributed by atoms with Crippen LogP contribution in [0.25, 0.3) is 0 Å². The molecule has 1 aromatic rings. The van der Waals surface area contributed by atoms with E-state index in [9.17, 15) is 9.59 Å². The van der Waals surface area contributed by atoms with Gasteiger partial charge < -0.3 is 19.1 Å². The van der Waals surface area contributed by atoms with E-state index >= 15 is 0 Å². The van der Waals surface area contributed by atoms with Gasteiger partial charge in [-0.1, -0.05) is 18.2 Å². The molecule has 0 radical (unpaired) electrons. The maximum absolute atomic E-state index is 12.2. The smallest absolute Gasteiger partial charge is 0.338 e. The zero-order valence-corrected chi connectivity index (χ0v) is 12.6. The number of hydrogen-bond donors (Lipinski definition) is 0. The third-order valence-corrected chi connectivity index (χ3v) is 4.20. The lowest BCUT2D eigenvalue weighted by atomic mass is 10.0. The van der Waals surface area contributed by atoms with Crippen LogP contribution < -0.4 is 0 Å². The summed E-state index contributed by atoms with van der Waals surface area (Å²) in [4.78, 5) is 25.7. The molecule has 0 aromatic heterocycles. The van der Waals surface area contributed by atoms with E-state index in [1.54, 1.807) is 36.3 Å². The van der Waals surface area contributed by atoms with Crippen LogP contribution in [0.5, 0.6) is 0 Å². The first-order chi connectivity index (χ1) is 10.6. The van der Waals surface area contributed by atoms with Gasteiger partial charge in [0.15, 0.2) is 12.4 Å². The minimum atomic E-state index is -0.456. The van der Waals surface area contributed by atoms with Crippen molar-refractivity contribution in [2.45, 2.75) is 37.9 Å². The molecule has 22 heavy (non-hydrogen) atoms. The Morgan fingerprint density at radius 1 is 1.27 bits per heavy atom. The number of ether oxygens (including phenoxy) is 3. The zero-order chi connectivity index (χ0) is 15.7. The second-order valence-corrected chi connectivity index (χ2v) is 5.55. The van der Waals surface area contributed by atoms with Crippen molar-refractivity contribution in [2.75, 3.05) is 13.7 Å². The first kappa shape index (κ1) is 15.0. The van der Waals surface area contributed by atoms with Crippen LogP contribution >= 0.6 is 0 Å². The number of esters is 1. The molecule has 2 saturated heterocycles. The number of hydrogen-bond acceptors (Lipinski definition) is 5. The number of carbonyl (C=O) groups is 2. The summed E-state index contributed by atoms with van der Waals surface area (Å²) in [6.45, 7) is 1.94. The molecular weight excluding hydrogens is 286 g/mol. The Balaban J connectivity index is 1.76. The number of methoxy groups -OCH3 is 1. The summed E-state index contributed by atoms with van der Waals surface area (Å²) in [5.41, 5.74) is 0.491. The summed E-state index contributed by atoms with van der Waals surface area (Å²) < 4.78 is 16.6. The van der Waals surface area contributed by atoms with Crippen LogP contribution in [0.3, 0.4) is 0 Å². The maximum Gasteiger partial charge on any atom is 0.338 e. The van der Waals surface area contributed by atoms with Crippen molar-refractivity contribution < 1.29 is 23.8 Å². The van der Waals surface area contributed by atoms with Crippen molar-refractivity contribution in [3.63, 3.8) is 0 Å². The number of benzene rings is 1. The summed E-state index contributed by atoms with van der Waals surface area (Å²) in [5.74, 6) is -0.445. The molecule has 6 heteroatoms. The molecule has 4 unspecified atom stereocenters. The van der Waals surface area contributed by atoms with Crippen LogP contribution in [-0.2, 0) is 19.0 Å². The Morgan fingerprint density at radius 3 is 2.64 bits per heavy atom. The Hall–Kier alpha value is -1.92. The van der Waals surface area contributed by atoms with E-state index in [4.69, 9.17) is 14.2 Å². The highest BCUT2D eigenvalue weighted by atomic mass is 16.7. The van der Waals surface area contributed by atoms with Crippen molar-refractivity contribution in [1.29, 1.82) is 0 Å². The third kappa shape index (κ3) is 2.71. The monoisotopic (exact) mass is 305 g/mol. The van der Waals surface area contributed by atoms with Crippen LogP contribution in [0.2, 0.25) is 0 Å². The van der Waals surface area contributed by atoms with Crippen molar-refractivity contribution >= 4 is 11.9 Å². The first-order valence-electron chi connectivity index (χ1n) is 7.31. The average molecular weight is 305 g/mol. The van der Waals surface area contributed by atoms with Gasteiger partial charge in [-0.15, -0.1) is 0 Å². The number of carbonyl (C=O) groups excluding carboxylic acids is 2. The van der Waals surface area contributed by atoms with Gasteiger partial charge in [-0.25, -0.2) is 4.79 Å². The van der Waals surface area contributed by atoms with Gasteiger partial charge in [0, 0.05) is 20.5 Å². The van der Waals surface area contributed by atoms with Crippen molar-refractivity contribution in [3.8, 4) is 0 Å². The van der Waals surface area contributed by atoms with Crippen LogP contribution in [0.4, 0.5) is 0 Å². The molecule has 2 heterocycles. The summed E-state index contributed by atoms with van der Waals surface area (Å²) >= 11 is 0. The van der Waals surface area contributed by atoms with E-state index in [-0.39, 0.29) is 24.3 Å². The van der Waals surface area contributed by atoms with Crippen LogP contribution in [0.1, 0.15) is 23.7 Å². The molecule has 2 fully saturated rings. The summed E-state index contributed by atoms with van der Waals surface area (Å²) in [5, 5.41) is 0. The summed E-state index contributed by atoms with van der Waals surface area (Å²) in [7, 11) is 1.57. The van der Waals surface area contributed by atoms with Gasteiger partial charge in [-0.05, 0) is 12.1 Å². The molecular formula is C16H19NO5. The Bertz CT molecular complexity index is 561. The quantitative estimate of drug-likeness (QED) is 0.785. The second-order valence-electron chi connectivity index (χ2n) is 5.55. The predicted octanol–water partition coefficient (Wildman–Crippen LogP) is 1.20. The Labute approximate surface area is 128 Å². The lowest BCUT2D eigenvalue weighted by Crippen LogP contribution is -2.48. The molecule has 0 saturated carbocycles. The Morgan fingerprint density at radius 2 is 2.00 bits per heavy atom. The number of nitrogens with zero attached hydrogens (tertiary/aromatic N) is 1. The molecule has 2 aliphatic heterocycles. The van der Waals surface area contributed by atoms with Crippen molar-refractivity contribution in [3.05, 3.63) is 35.9 Å². The van der Waals surface area contributed by atoms with E-state index in [2.05, 4.69) is 0 Å². The van der Waals surface area contributed by atoms with Gasteiger partial charge in [0.2, 0.25) is 5.91 Å². The Kier molecular flexibility index (Phi) is 4.13. The van der Waals surface area contributed by atoms with Crippen molar-refractivity contribution in [1.82, 2.24) is 4.90 Å². The number of amides is 1. The first-order valence-corrected chi connectivity index (χ1v) is 7.31. The SMILES string of the molecule is COC1CC2C(OC(=O)c3ccccc3)C(CN2C(C)=O)O1. The number of likely N-dealkylation sites (tertiary alicyclic amines) is 1. The van der Waals surface area contributed by atoms with Crippen LogP contribution in [0.15, 0.2) is 30.3 Å². The summed E-state index contributed by atoms with van der Waals surface area (Å²) in [6.07, 6.45) is -0.673. The molecule has 0 aliphatic carbocycles. The molecule has 3 rings (SSSR count). The van der Waals surface area contributed by atoms with Gasteiger partial charge in [0.1, 0.15) is 6.10 Å². The molecule has 1 aromatic carbocycles. The van der Waals surface area contributed by atoms with Crippen LogP contribution in [-0.4, -0.2) is 55.0 Å². The third-order valence-electron chi connectivity index (χ3n) is 4.20. The fourth-order valence-electron chi connectivity index (χ4n) is 3.12. The van der Waals surface area contributed by atoms with Gasteiger partial charge in [0.05, 0.1) is 18.2 Å². The van der Waals surface area contributed by atoms with E-state index in [0.717, 1.165) is 0 Å². The largest absolute Gasteiger partial charge is 0.454 e. The highest BCUT2D eigenvalue weighted by molar-refractivity contribution is 5.89. The van der Waals surface area contributed by atoms with E-state index in [1.165, 1.54) is 6.92 Å². The van der Waals surface area contributed by atoms with E-state index < -0.39 is 12.1 Å². The minimum absolute atomic E-state index is 0.0476. The van der Waals surface area contributed by atoms with Gasteiger partial charge in [-0.3, -0.25) is 4.79 Å². The molecule has 4 atom stereocenters. The van der Waals surface area contributed by atoms with E-state index in [0.29, 0.717) is 18.5 Å². The molecule has 6 nitrogen and oxygen atoms in total. The maximum atomic E-state index is 12.2. The topological polar surface area (TPSA) is 65.1 Å². The molecule has 0 N–H and O–H groups in total. The predicted molar refractivity (Wildman–Crippen MR) is 77.1 cm³/mol. The second kappa shape index (κ2) is 6.06.